The van der Waals surface area contributed by atoms with Gasteiger partial charge in [0.1, 0.15) is 0 Å². The molecule has 0 spiro atoms. The average Bonchev–Trinajstić information content (AvgIpc) is 0.809. The Morgan fingerprint density at radius 2 is 0.371 bits per heavy atom. The lowest BCUT2D eigenvalue weighted by molar-refractivity contribution is 0.102. The fourth-order valence-corrected chi connectivity index (χ4v) is 18.3. The van der Waals surface area contributed by atoms with Crippen molar-refractivity contribution in [2.24, 2.45) is 71.0 Å². The van der Waals surface area contributed by atoms with E-state index in [9.17, 15) is 0 Å². The van der Waals surface area contributed by atoms with Crippen molar-refractivity contribution in [3.8, 4) is 51.7 Å². The van der Waals surface area contributed by atoms with Gasteiger partial charge in [0, 0.05) is 46.9 Å². The Balaban J connectivity index is 1.98. The van der Waals surface area contributed by atoms with Crippen LogP contribution < -0.4 is 69.2 Å². The van der Waals surface area contributed by atoms with Crippen molar-refractivity contribution in [3.63, 3.8) is 0 Å². The molecule has 5 amide bonds. The number of amides is 5. The molecule has 0 aromatic heterocycles. The Hall–Kier alpha value is -6.91. The van der Waals surface area contributed by atoms with Crippen LogP contribution in [0.1, 0.15) is 502 Å². The second-order valence-corrected chi connectivity index (χ2v) is 45.3. The summed E-state index contributed by atoms with van der Waals surface area (Å²) in [6, 6.07) is 14.9. The molecule has 0 fully saturated rings. The number of anilines is 5. The maximum Gasteiger partial charge on any atom is 0.323 e. The maximum atomic E-state index is 15.7. The Labute approximate surface area is 859 Å². The third-order valence-electron chi connectivity index (χ3n) is 27.9. The molecular formula is C123H215N5O12. The number of benzene rings is 4. The van der Waals surface area contributed by atoms with Gasteiger partial charge in [0.25, 0.3) is 5.91 Å². The Morgan fingerprint density at radius 3 is 0.600 bits per heavy atom. The lowest BCUT2D eigenvalue weighted by Crippen LogP contribution is -2.22. The number of urea groups is 2. The minimum atomic E-state index is -0.582. The summed E-state index contributed by atoms with van der Waals surface area (Å²) in [5.74, 6) is 10.6. The lowest BCUT2D eigenvalue weighted by Gasteiger charge is -2.21. The molecule has 4 aromatic carbocycles. The van der Waals surface area contributed by atoms with Gasteiger partial charge in [0.2, 0.25) is 17.2 Å². The molecule has 5 N–H and O–H groups in total. The van der Waals surface area contributed by atoms with Crippen LogP contribution in [0.25, 0.3) is 0 Å². The number of nitrogens with one attached hydrogen (secondary N) is 5. The first-order chi connectivity index (χ1) is 67.5. The van der Waals surface area contributed by atoms with Gasteiger partial charge >= 0.3 is 12.1 Å². The van der Waals surface area contributed by atoms with Crippen LogP contribution >= 0.6 is 0 Å². The number of ether oxygens (including phenoxy) is 9. The van der Waals surface area contributed by atoms with E-state index >= 15 is 14.4 Å². The van der Waals surface area contributed by atoms with Gasteiger partial charge in [0.05, 0.1) is 70.8 Å². The topological polar surface area (TPSA) is 194 Å². The van der Waals surface area contributed by atoms with Gasteiger partial charge in [-0.25, -0.2) is 9.59 Å². The molecule has 6 atom stereocenters. The van der Waals surface area contributed by atoms with Gasteiger partial charge in [-0.3, -0.25) is 4.79 Å². The van der Waals surface area contributed by atoms with Crippen LogP contribution in [0.4, 0.5) is 38.0 Å². The molecular weight excluding hydrogens is 1740 g/mol. The molecule has 804 valence electrons. The number of unbranched alkanes of at least 4 members (excludes halogenated alkanes) is 27. The maximum absolute atomic E-state index is 15.7. The van der Waals surface area contributed by atoms with Gasteiger partial charge in [-0.15, -0.1) is 0 Å². The number of hydrogen-bond donors (Lipinski definition) is 5. The molecule has 0 aliphatic rings. The van der Waals surface area contributed by atoms with Crippen molar-refractivity contribution in [1.82, 2.24) is 0 Å². The van der Waals surface area contributed by atoms with Crippen molar-refractivity contribution < 1.29 is 57.0 Å². The van der Waals surface area contributed by atoms with E-state index in [2.05, 4.69) is 172 Å². The summed E-state index contributed by atoms with van der Waals surface area (Å²) in [6.45, 7) is 52.3. The van der Waals surface area contributed by atoms with Gasteiger partial charge < -0.3 is 69.2 Å². The van der Waals surface area contributed by atoms with Crippen LogP contribution in [0.2, 0.25) is 0 Å². The summed E-state index contributed by atoms with van der Waals surface area (Å²) in [7, 11) is 0. The Kier molecular flexibility index (Phi) is 71.1. The summed E-state index contributed by atoms with van der Waals surface area (Å²) < 4.78 is 61.8. The zero-order valence-electron chi connectivity index (χ0n) is 94.1. The van der Waals surface area contributed by atoms with E-state index in [1.165, 1.54) is 186 Å². The highest BCUT2D eigenvalue weighted by molar-refractivity contribution is 6.07. The molecule has 0 heterocycles. The molecule has 17 heteroatoms. The van der Waals surface area contributed by atoms with E-state index in [1.54, 1.807) is 30.3 Å². The standard InChI is InChI=1S/C123H215N5O12/c1-22-25-28-31-34-37-40-43-46-49-76-132-112-85-106(86-113(133-77-50-47-44-41-38-35-32-29-26-23-2)118(112)138-78-51-48-45-42-39-36-33-30-27-24-3)121(129)124-107-87-108(125-122(130)127-110-90-114(134-79-70-100(16)64-52-58-94(4)5)119(139-83-74-104(20)68-56-62-98(12)13)115(91-110)135-80-71-101(17)65-53-59-95(6)7)89-109(88-107)126-123(131)128-111-92-116(136-81-72-102(18)66-54-60-96(8)9)120(140-84-75-105(21)69-57-63-99(14)15)117(93-111)137-82-73-103(19)67-55-61-97(10)11/h85-105H,22-84H2,1-21H3,(H,124,129)(H2,125,127,130)(H2,126,128,131). The van der Waals surface area contributed by atoms with Crippen LogP contribution in [0, 0.1) is 71.0 Å². The zero-order chi connectivity index (χ0) is 102. The normalized spacial score (nSPS) is 13.0. The molecule has 0 aliphatic heterocycles. The van der Waals surface area contributed by atoms with E-state index in [0.29, 0.717) is 205 Å². The van der Waals surface area contributed by atoms with E-state index in [4.69, 9.17) is 42.6 Å². The van der Waals surface area contributed by atoms with E-state index in [1.807, 2.05) is 24.3 Å². The van der Waals surface area contributed by atoms with Gasteiger partial charge in [-0.05, 0) is 159 Å². The molecule has 140 heavy (non-hydrogen) atoms. The highest BCUT2D eigenvalue weighted by Crippen LogP contribution is 2.46. The van der Waals surface area contributed by atoms with Crippen molar-refractivity contribution >= 4 is 46.4 Å². The summed E-state index contributed by atoms with van der Waals surface area (Å²) >= 11 is 0. The fraction of sp³-hybridized carbons (Fsp3) is 0.780. The van der Waals surface area contributed by atoms with E-state index in [0.717, 1.165) is 161 Å². The Bertz CT molecular complexity index is 3460. The van der Waals surface area contributed by atoms with Crippen LogP contribution in [0.3, 0.4) is 0 Å². The summed E-state index contributed by atoms with van der Waals surface area (Å²) in [5.41, 5.74) is 2.03. The predicted octanol–water partition coefficient (Wildman–Crippen LogP) is 38.5. The third kappa shape index (κ3) is 62.7. The summed E-state index contributed by atoms with van der Waals surface area (Å²) in [5, 5.41) is 15.9. The predicted molar refractivity (Wildman–Crippen MR) is 599 cm³/mol. The van der Waals surface area contributed by atoms with Crippen molar-refractivity contribution in [2.75, 3.05) is 86.0 Å². The summed E-state index contributed by atoms with van der Waals surface area (Å²) in [4.78, 5) is 46.2. The fourth-order valence-electron chi connectivity index (χ4n) is 18.3. The molecule has 0 radical (unpaired) electrons. The molecule has 0 aliphatic carbocycles. The first-order valence-corrected chi connectivity index (χ1v) is 58.4. The second kappa shape index (κ2) is 79.4. The minimum absolute atomic E-state index is 0.277. The van der Waals surface area contributed by atoms with Crippen LogP contribution in [-0.4, -0.2) is 77.4 Å². The lowest BCUT2D eigenvalue weighted by atomic mass is 9.97. The molecule has 0 bridgehead atoms. The third-order valence-corrected chi connectivity index (χ3v) is 27.9. The van der Waals surface area contributed by atoms with Crippen LogP contribution in [0.5, 0.6) is 51.7 Å². The van der Waals surface area contributed by atoms with Crippen molar-refractivity contribution in [3.05, 3.63) is 60.2 Å². The van der Waals surface area contributed by atoms with Gasteiger partial charge in [-0.2, -0.15) is 0 Å². The molecule has 0 saturated carbocycles. The van der Waals surface area contributed by atoms with E-state index < -0.39 is 18.0 Å². The first kappa shape index (κ1) is 125. The minimum Gasteiger partial charge on any atom is -0.490 e. The molecule has 4 aromatic rings. The highest BCUT2D eigenvalue weighted by Gasteiger charge is 2.26. The van der Waals surface area contributed by atoms with Crippen LogP contribution in [0.15, 0.2) is 54.6 Å². The first-order valence-electron chi connectivity index (χ1n) is 58.4. The molecule has 6 unspecified atom stereocenters. The smallest absolute Gasteiger partial charge is 0.323 e. The largest absolute Gasteiger partial charge is 0.490 e. The second-order valence-electron chi connectivity index (χ2n) is 45.3. The Morgan fingerprint density at radius 1 is 0.193 bits per heavy atom. The van der Waals surface area contributed by atoms with Crippen molar-refractivity contribution in [2.45, 2.75) is 492 Å². The van der Waals surface area contributed by atoms with Crippen LogP contribution in [-0.2, 0) is 0 Å². The summed E-state index contributed by atoms with van der Waals surface area (Å²) in [6.07, 6.45) is 61.8. The zero-order valence-corrected chi connectivity index (χ0v) is 94.1. The monoisotopic (exact) mass is 1950 g/mol. The van der Waals surface area contributed by atoms with Gasteiger partial charge in [0.15, 0.2) is 34.5 Å². The molecule has 0 saturated heterocycles. The molecule has 17 nitrogen and oxygen atoms in total. The number of carbonyl (C=O) groups excluding carboxylic acids is 3. The SMILES string of the molecule is CCCCCCCCCCCCOc1cc(C(=O)Nc2cc(NC(=O)Nc3cc(OCCC(C)CCCC(C)C)c(OCCC(C)CCCC(C)C)c(OCCC(C)CCCC(C)C)c3)cc(NC(=O)Nc3cc(OCCC(C)CCCC(C)C)c(OCCC(C)CCCC(C)C)c(OCCC(C)CCCC(C)C)c3)c2)cc(OCCCCCCCCCCCC)c1OCCCCCCCCCCCC. The van der Waals surface area contributed by atoms with Gasteiger partial charge in [-0.1, -0.05) is 434 Å². The quantitative estimate of drug-likeness (QED) is 0.0263. The molecule has 4 rings (SSSR count). The highest BCUT2D eigenvalue weighted by atomic mass is 16.6. The average molecular weight is 1960 g/mol. The van der Waals surface area contributed by atoms with E-state index in [-0.39, 0.29) is 11.4 Å². The number of hydrogen-bond acceptors (Lipinski definition) is 12. The van der Waals surface area contributed by atoms with Crippen molar-refractivity contribution in [1.29, 1.82) is 0 Å². The number of carbonyl (C=O) groups is 3. The number of rotatable bonds is 90.